The van der Waals surface area contributed by atoms with Crippen molar-refractivity contribution in [2.24, 2.45) is 5.92 Å². The van der Waals surface area contributed by atoms with Crippen LogP contribution in [0.4, 0.5) is 19.0 Å². The molecule has 140 valence electrons. The number of benzene rings is 2. The van der Waals surface area contributed by atoms with Crippen molar-refractivity contribution < 1.29 is 13.2 Å². The van der Waals surface area contributed by atoms with Crippen LogP contribution in [0.2, 0.25) is 5.02 Å². The van der Waals surface area contributed by atoms with Crippen molar-refractivity contribution in [3.8, 4) is 5.69 Å². The van der Waals surface area contributed by atoms with Gasteiger partial charge in [0.05, 0.1) is 21.8 Å². The number of halogens is 4. The topological polar surface area (TPSA) is 46.9 Å². The van der Waals surface area contributed by atoms with Gasteiger partial charge < -0.3 is 5.32 Å². The number of para-hydroxylation sites is 1. The van der Waals surface area contributed by atoms with Gasteiger partial charge in [0, 0.05) is 11.9 Å². The molecule has 1 aliphatic carbocycles. The van der Waals surface area contributed by atoms with Crippen molar-refractivity contribution in [1.82, 2.24) is 9.55 Å². The Bertz CT molecular complexity index is 1070. The molecule has 0 bridgehead atoms. The van der Waals surface area contributed by atoms with Gasteiger partial charge in [0.15, 0.2) is 0 Å². The highest BCUT2D eigenvalue weighted by Crippen LogP contribution is 2.34. The first-order valence-electron chi connectivity index (χ1n) is 8.47. The Labute approximate surface area is 157 Å². The fourth-order valence-corrected chi connectivity index (χ4v) is 3.19. The number of aromatic nitrogens is 2. The number of fused-ring (bicyclic) bond motifs is 1. The van der Waals surface area contributed by atoms with Crippen LogP contribution < -0.4 is 11.0 Å². The van der Waals surface area contributed by atoms with Gasteiger partial charge in [0.1, 0.15) is 5.82 Å². The average molecular weight is 394 g/mol. The molecule has 1 aromatic heterocycles. The molecule has 2 aromatic carbocycles. The van der Waals surface area contributed by atoms with Gasteiger partial charge in [-0.25, -0.2) is 4.79 Å². The fourth-order valence-electron chi connectivity index (χ4n) is 2.97. The van der Waals surface area contributed by atoms with E-state index in [-0.39, 0.29) is 16.2 Å². The van der Waals surface area contributed by atoms with Crippen molar-refractivity contribution in [3.05, 3.63) is 63.5 Å². The third kappa shape index (κ3) is 3.51. The van der Waals surface area contributed by atoms with Gasteiger partial charge >= 0.3 is 11.9 Å². The van der Waals surface area contributed by atoms with Crippen LogP contribution in [0.15, 0.2) is 47.3 Å². The number of nitrogens with zero attached hydrogens (tertiary/aromatic N) is 2. The summed E-state index contributed by atoms with van der Waals surface area (Å²) in [6.07, 6.45) is -2.33. The average Bonchev–Trinajstić information content (AvgIpc) is 3.44. The van der Waals surface area contributed by atoms with Crippen LogP contribution in [0.1, 0.15) is 18.4 Å². The maximum absolute atomic E-state index is 13.2. The SMILES string of the molecule is O=c1nc(NCC2CC2)c2ccc(C(F)(F)F)cc2n1-c1ccccc1Cl. The number of rotatable bonds is 4. The number of hydrogen-bond donors (Lipinski definition) is 1. The number of anilines is 1. The number of alkyl halides is 3. The standard InChI is InChI=1S/C19H15ClF3N3O/c20-14-3-1-2-4-15(14)26-16-9-12(19(21,22)23)7-8-13(16)17(25-18(26)27)24-10-11-5-6-11/h1-4,7-9,11H,5-6,10H2,(H,24,25,27). The van der Waals surface area contributed by atoms with Crippen molar-refractivity contribution >= 4 is 28.3 Å². The smallest absolute Gasteiger partial charge is 0.369 e. The Kier molecular flexibility index (Phi) is 4.34. The van der Waals surface area contributed by atoms with E-state index < -0.39 is 17.4 Å². The monoisotopic (exact) mass is 393 g/mol. The Morgan fingerprint density at radius 3 is 2.59 bits per heavy atom. The van der Waals surface area contributed by atoms with Crippen molar-refractivity contribution in [1.29, 1.82) is 0 Å². The summed E-state index contributed by atoms with van der Waals surface area (Å²) in [6.45, 7) is 0.638. The van der Waals surface area contributed by atoms with Gasteiger partial charge in [-0.15, -0.1) is 0 Å². The second-order valence-corrected chi connectivity index (χ2v) is 6.99. The molecule has 1 aliphatic rings. The zero-order valence-electron chi connectivity index (χ0n) is 14.1. The summed E-state index contributed by atoms with van der Waals surface area (Å²) < 4.78 is 40.9. The highest BCUT2D eigenvalue weighted by molar-refractivity contribution is 6.32. The molecule has 1 heterocycles. The Hall–Kier alpha value is -2.54. The van der Waals surface area contributed by atoms with E-state index >= 15 is 0 Å². The van der Waals surface area contributed by atoms with E-state index in [0.717, 1.165) is 29.5 Å². The second kappa shape index (κ2) is 6.56. The zero-order valence-corrected chi connectivity index (χ0v) is 14.8. The van der Waals surface area contributed by atoms with E-state index in [1.54, 1.807) is 24.3 Å². The van der Waals surface area contributed by atoms with Gasteiger partial charge in [-0.05, 0) is 49.1 Å². The number of hydrogen-bond acceptors (Lipinski definition) is 3. The third-order valence-electron chi connectivity index (χ3n) is 4.57. The van der Waals surface area contributed by atoms with Crippen molar-refractivity contribution in [3.63, 3.8) is 0 Å². The number of nitrogens with one attached hydrogen (secondary N) is 1. The lowest BCUT2D eigenvalue weighted by atomic mass is 10.1. The van der Waals surface area contributed by atoms with Gasteiger partial charge in [-0.3, -0.25) is 4.57 Å². The van der Waals surface area contributed by atoms with E-state index in [4.69, 9.17) is 11.6 Å². The first kappa shape index (κ1) is 17.9. The summed E-state index contributed by atoms with van der Waals surface area (Å²) >= 11 is 6.19. The van der Waals surface area contributed by atoms with Crippen molar-refractivity contribution in [2.45, 2.75) is 19.0 Å². The largest absolute Gasteiger partial charge is 0.416 e. The van der Waals surface area contributed by atoms with Crippen LogP contribution in [0.5, 0.6) is 0 Å². The van der Waals surface area contributed by atoms with E-state index in [1.165, 1.54) is 6.07 Å². The molecule has 3 aromatic rings. The summed E-state index contributed by atoms with van der Waals surface area (Å²) in [5.41, 5.74) is -1.13. The first-order valence-corrected chi connectivity index (χ1v) is 8.85. The van der Waals surface area contributed by atoms with Gasteiger partial charge in [0.2, 0.25) is 0 Å². The molecule has 8 heteroatoms. The first-order chi connectivity index (χ1) is 12.8. The molecule has 0 spiro atoms. The molecule has 1 N–H and O–H groups in total. The predicted octanol–water partition coefficient (Wildman–Crippen LogP) is 4.88. The maximum Gasteiger partial charge on any atom is 0.416 e. The van der Waals surface area contributed by atoms with E-state index in [9.17, 15) is 18.0 Å². The molecule has 1 fully saturated rings. The summed E-state index contributed by atoms with van der Waals surface area (Å²) in [6, 6.07) is 9.78. The zero-order chi connectivity index (χ0) is 19.2. The van der Waals surface area contributed by atoms with E-state index in [2.05, 4.69) is 10.3 Å². The molecule has 0 radical (unpaired) electrons. The van der Waals surface area contributed by atoms with Crippen LogP contribution in [0.25, 0.3) is 16.6 Å². The van der Waals surface area contributed by atoms with E-state index in [0.29, 0.717) is 23.7 Å². The molecule has 0 atom stereocenters. The summed E-state index contributed by atoms with van der Waals surface area (Å²) in [4.78, 5) is 16.8. The highest BCUT2D eigenvalue weighted by atomic mass is 35.5. The molecular weight excluding hydrogens is 379 g/mol. The molecule has 0 aliphatic heterocycles. The van der Waals surface area contributed by atoms with Crippen LogP contribution in [-0.2, 0) is 6.18 Å². The molecule has 4 nitrogen and oxygen atoms in total. The molecule has 0 unspecified atom stereocenters. The summed E-state index contributed by atoms with van der Waals surface area (Å²) in [5.74, 6) is 0.807. The van der Waals surface area contributed by atoms with Crippen molar-refractivity contribution in [2.75, 3.05) is 11.9 Å². The van der Waals surface area contributed by atoms with Crippen LogP contribution >= 0.6 is 11.6 Å². The second-order valence-electron chi connectivity index (χ2n) is 6.58. The Morgan fingerprint density at radius 2 is 1.93 bits per heavy atom. The minimum Gasteiger partial charge on any atom is -0.369 e. The minimum atomic E-state index is -4.53. The molecule has 27 heavy (non-hydrogen) atoms. The lowest BCUT2D eigenvalue weighted by Crippen LogP contribution is -2.24. The normalized spacial score (nSPS) is 14.5. The molecule has 1 saturated carbocycles. The fraction of sp³-hybridized carbons (Fsp3) is 0.263. The quantitative estimate of drug-likeness (QED) is 0.687. The van der Waals surface area contributed by atoms with E-state index in [1.807, 2.05) is 0 Å². The predicted molar refractivity (Wildman–Crippen MR) is 98.6 cm³/mol. The highest BCUT2D eigenvalue weighted by Gasteiger charge is 2.31. The van der Waals surface area contributed by atoms with Crippen LogP contribution in [0.3, 0.4) is 0 Å². The Balaban J connectivity index is 1.98. The van der Waals surface area contributed by atoms with Crippen LogP contribution in [0, 0.1) is 5.92 Å². The molecule has 0 amide bonds. The van der Waals surface area contributed by atoms with Gasteiger partial charge in [-0.1, -0.05) is 23.7 Å². The lowest BCUT2D eigenvalue weighted by molar-refractivity contribution is -0.137. The molecule has 0 saturated heterocycles. The summed E-state index contributed by atoms with van der Waals surface area (Å²) in [7, 11) is 0. The summed E-state index contributed by atoms with van der Waals surface area (Å²) in [5, 5.41) is 3.79. The van der Waals surface area contributed by atoms with Gasteiger partial charge in [-0.2, -0.15) is 18.2 Å². The minimum absolute atomic E-state index is 0.108. The maximum atomic E-state index is 13.2. The third-order valence-corrected chi connectivity index (χ3v) is 4.89. The lowest BCUT2D eigenvalue weighted by Gasteiger charge is -2.16. The van der Waals surface area contributed by atoms with Crippen LogP contribution in [-0.4, -0.2) is 16.1 Å². The Morgan fingerprint density at radius 1 is 1.19 bits per heavy atom. The molecular formula is C19H15ClF3N3O. The molecule has 4 rings (SSSR count). The van der Waals surface area contributed by atoms with Gasteiger partial charge in [0.25, 0.3) is 0 Å².